The monoisotopic (exact) mass is 225 g/mol. The summed E-state index contributed by atoms with van der Waals surface area (Å²) in [5.74, 6) is 1.08. The average molecular weight is 225 g/mol. The number of aliphatic hydroxyl groups is 1. The van der Waals surface area contributed by atoms with Crippen LogP contribution in [-0.4, -0.2) is 24.5 Å². The van der Waals surface area contributed by atoms with Gasteiger partial charge in [-0.05, 0) is 37.4 Å². The van der Waals surface area contributed by atoms with Gasteiger partial charge in [-0.15, -0.1) is 11.8 Å². The van der Waals surface area contributed by atoms with Crippen molar-refractivity contribution in [3.8, 4) is 0 Å². The number of rotatable bonds is 5. The predicted molar refractivity (Wildman–Crippen MR) is 66.3 cm³/mol. The number of benzene rings is 1. The smallest absolute Gasteiger partial charge is 0.0992 e. The minimum Gasteiger partial charge on any atom is -0.384 e. The molecule has 1 atom stereocenters. The van der Waals surface area contributed by atoms with Crippen LogP contribution < -0.4 is 5.32 Å². The molecule has 0 saturated heterocycles. The Kier molecular flexibility index (Phi) is 4.64. The lowest BCUT2D eigenvalue weighted by Gasteiger charge is -2.23. The molecule has 1 rings (SSSR count). The van der Waals surface area contributed by atoms with Crippen LogP contribution in [0.3, 0.4) is 0 Å². The lowest BCUT2D eigenvalue weighted by atomic mass is 9.96. The van der Waals surface area contributed by atoms with E-state index in [-0.39, 0.29) is 0 Å². The average Bonchev–Trinajstić information content (AvgIpc) is 2.19. The van der Waals surface area contributed by atoms with E-state index >= 15 is 0 Å². The maximum atomic E-state index is 10.1. The Labute approximate surface area is 96.1 Å². The first-order valence-corrected chi connectivity index (χ1v) is 6.19. The number of likely N-dealkylation sites (N-methyl/N-ethyl adjacent to an activating group) is 1. The summed E-state index contributed by atoms with van der Waals surface area (Å²) in [5, 5.41) is 13.1. The van der Waals surface area contributed by atoms with Gasteiger partial charge in [-0.3, -0.25) is 0 Å². The fourth-order valence-electron chi connectivity index (χ4n) is 1.52. The molecule has 0 aliphatic rings. The molecule has 0 aliphatic carbocycles. The zero-order chi connectivity index (χ0) is 11.3. The summed E-state index contributed by atoms with van der Waals surface area (Å²) in [5.41, 5.74) is 0.168. The van der Waals surface area contributed by atoms with Crippen molar-refractivity contribution < 1.29 is 5.11 Å². The van der Waals surface area contributed by atoms with Crippen LogP contribution in [0.25, 0.3) is 0 Å². The molecule has 0 saturated carbocycles. The van der Waals surface area contributed by atoms with Gasteiger partial charge < -0.3 is 10.4 Å². The summed E-state index contributed by atoms with van der Waals surface area (Å²) < 4.78 is 0. The SMILES string of the molecule is CCSc1ccc(C(C)(O)CNC)cc1. The van der Waals surface area contributed by atoms with Gasteiger partial charge in [-0.2, -0.15) is 0 Å². The van der Waals surface area contributed by atoms with Gasteiger partial charge in [0.25, 0.3) is 0 Å². The second-order valence-corrected chi connectivity index (χ2v) is 5.10. The number of nitrogens with one attached hydrogen (secondary N) is 1. The quantitative estimate of drug-likeness (QED) is 0.754. The third-order valence-electron chi connectivity index (χ3n) is 2.31. The minimum absolute atomic E-state index is 0.563. The summed E-state index contributed by atoms with van der Waals surface area (Å²) in [7, 11) is 1.84. The first kappa shape index (κ1) is 12.6. The molecule has 2 N–H and O–H groups in total. The Hall–Kier alpha value is -0.510. The molecule has 0 aromatic heterocycles. The number of hydrogen-bond donors (Lipinski definition) is 2. The normalized spacial score (nSPS) is 14.9. The van der Waals surface area contributed by atoms with Gasteiger partial charge in [0, 0.05) is 11.4 Å². The van der Waals surface area contributed by atoms with Gasteiger partial charge in [-0.25, -0.2) is 0 Å². The number of hydrogen-bond acceptors (Lipinski definition) is 3. The van der Waals surface area contributed by atoms with E-state index in [1.165, 1.54) is 4.90 Å². The van der Waals surface area contributed by atoms with Gasteiger partial charge in [0.05, 0.1) is 5.60 Å². The van der Waals surface area contributed by atoms with Crippen LogP contribution in [0, 0.1) is 0 Å². The van der Waals surface area contributed by atoms with E-state index in [4.69, 9.17) is 0 Å². The summed E-state index contributed by atoms with van der Waals surface area (Å²) in [6, 6.07) is 8.12. The highest BCUT2D eigenvalue weighted by Crippen LogP contribution is 2.23. The van der Waals surface area contributed by atoms with Crippen molar-refractivity contribution >= 4 is 11.8 Å². The van der Waals surface area contributed by atoms with Crippen molar-refractivity contribution in [2.45, 2.75) is 24.3 Å². The van der Waals surface area contributed by atoms with E-state index in [2.05, 4.69) is 24.4 Å². The molecule has 0 radical (unpaired) electrons. The molecule has 1 unspecified atom stereocenters. The maximum Gasteiger partial charge on any atom is 0.0992 e. The van der Waals surface area contributed by atoms with Crippen molar-refractivity contribution in [2.24, 2.45) is 0 Å². The molecule has 0 amide bonds. The third-order valence-corrected chi connectivity index (χ3v) is 3.20. The van der Waals surface area contributed by atoms with Gasteiger partial charge in [0.15, 0.2) is 0 Å². The highest BCUT2D eigenvalue weighted by Gasteiger charge is 2.21. The third kappa shape index (κ3) is 3.52. The first-order valence-electron chi connectivity index (χ1n) is 5.20. The Morgan fingerprint density at radius 3 is 2.40 bits per heavy atom. The van der Waals surface area contributed by atoms with Gasteiger partial charge >= 0.3 is 0 Å². The molecule has 0 bridgehead atoms. The highest BCUT2D eigenvalue weighted by molar-refractivity contribution is 7.99. The zero-order valence-corrected chi connectivity index (χ0v) is 10.4. The maximum absolute atomic E-state index is 10.1. The van der Waals surface area contributed by atoms with E-state index in [9.17, 15) is 5.11 Å². The molecule has 84 valence electrons. The molecular formula is C12H19NOS. The first-order chi connectivity index (χ1) is 7.10. The Bertz CT molecular complexity index is 295. The van der Waals surface area contributed by atoms with Crippen LogP contribution in [0.15, 0.2) is 29.2 Å². The topological polar surface area (TPSA) is 32.3 Å². The van der Waals surface area contributed by atoms with E-state index in [1.54, 1.807) is 0 Å². The molecule has 0 aliphatic heterocycles. The van der Waals surface area contributed by atoms with Crippen LogP contribution in [-0.2, 0) is 5.60 Å². The van der Waals surface area contributed by atoms with Gasteiger partial charge in [0.1, 0.15) is 0 Å². The highest BCUT2D eigenvalue weighted by atomic mass is 32.2. The molecule has 0 heterocycles. The standard InChI is InChI=1S/C12H19NOS/c1-4-15-11-7-5-10(6-8-11)12(2,14)9-13-3/h5-8,13-14H,4,9H2,1-3H3. The van der Waals surface area contributed by atoms with E-state index in [0.717, 1.165) is 11.3 Å². The van der Waals surface area contributed by atoms with Crippen molar-refractivity contribution in [1.82, 2.24) is 5.32 Å². The van der Waals surface area contributed by atoms with Crippen LogP contribution in [0.4, 0.5) is 0 Å². The van der Waals surface area contributed by atoms with Crippen molar-refractivity contribution in [3.63, 3.8) is 0 Å². The van der Waals surface area contributed by atoms with Crippen LogP contribution in [0.5, 0.6) is 0 Å². The second-order valence-electron chi connectivity index (χ2n) is 3.76. The van der Waals surface area contributed by atoms with E-state index in [1.807, 2.05) is 37.9 Å². The van der Waals surface area contributed by atoms with Crippen molar-refractivity contribution in [3.05, 3.63) is 29.8 Å². The molecule has 3 heteroatoms. The molecule has 1 aromatic rings. The van der Waals surface area contributed by atoms with Crippen LogP contribution >= 0.6 is 11.8 Å². The fourth-order valence-corrected chi connectivity index (χ4v) is 2.19. The lowest BCUT2D eigenvalue weighted by molar-refractivity contribution is 0.0591. The largest absolute Gasteiger partial charge is 0.384 e. The van der Waals surface area contributed by atoms with E-state index < -0.39 is 5.60 Å². The predicted octanol–water partition coefficient (Wildman–Crippen LogP) is 2.23. The molecule has 1 aromatic carbocycles. The van der Waals surface area contributed by atoms with Gasteiger partial charge in [-0.1, -0.05) is 19.1 Å². The van der Waals surface area contributed by atoms with Crippen LogP contribution in [0.1, 0.15) is 19.4 Å². The molecule has 15 heavy (non-hydrogen) atoms. The molecule has 0 spiro atoms. The molecule has 0 fully saturated rings. The zero-order valence-electron chi connectivity index (χ0n) is 9.58. The Morgan fingerprint density at radius 1 is 1.33 bits per heavy atom. The van der Waals surface area contributed by atoms with E-state index in [0.29, 0.717) is 6.54 Å². The minimum atomic E-state index is -0.788. The number of thioether (sulfide) groups is 1. The Morgan fingerprint density at radius 2 is 1.93 bits per heavy atom. The summed E-state index contributed by atoms with van der Waals surface area (Å²) >= 11 is 1.81. The molecular weight excluding hydrogens is 206 g/mol. The fraction of sp³-hybridized carbons (Fsp3) is 0.500. The summed E-state index contributed by atoms with van der Waals surface area (Å²) in [4.78, 5) is 1.25. The van der Waals surface area contributed by atoms with Crippen LogP contribution in [0.2, 0.25) is 0 Å². The lowest BCUT2D eigenvalue weighted by Crippen LogP contribution is -2.33. The summed E-state index contributed by atoms with van der Waals surface area (Å²) in [6.45, 7) is 4.52. The van der Waals surface area contributed by atoms with Gasteiger partial charge in [0.2, 0.25) is 0 Å². The van der Waals surface area contributed by atoms with Crippen molar-refractivity contribution in [2.75, 3.05) is 19.3 Å². The van der Waals surface area contributed by atoms with Crippen molar-refractivity contribution in [1.29, 1.82) is 0 Å². The second kappa shape index (κ2) is 5.54. The summed E-state index contributed by atoms with van der Waals surface area (Å²) in [6.07, 6.45) is 0. The molecule has 2 nitrogen and oxygen atoms in total. The Balaban J connectivity index is 2.78.